The zero-order valence-corrected chi connectivity index (χ0v) is 13.1. The van der Waals surface area contributed by atoms with Crippen molar-refractivity contribution in [1.29, 1.82) is 0 Å². The number of thiophene rings is 1. The maximum absolute atomic E-state index is 5.31. The highest BCUT2D eigenvalue weighted by Gasteiger charge is 2.14. The van der Waals surface area contributed by atoms with Crippen LogP contribution in [0.1, 0.15) is 16.5 Å². The second-order valence-corrected chi connectivity index (χ2v) is 6.00. The fraction of sp³-hybridized carbons (Fsp3) is 0.375. The Balaban J connectivity index is 1.99. The third-order valence-corrected chi connectivity index (χ3v) is 4.20. The van der Waals surface area contributed by atoms with Crippen molar-refractivity contribution in [1.82, 2.24) is 10.2 Å². The molecule has 0 amide bonds. The predicted molar refractivity (Wildman–Crippen MR) is 85.4 cm³/mol. The van der Waals surface area contributed by atoms with Gasteiger partial charge in [-0.1, -0.05) is 18.2 Å². The quantitative estimate of drug-likeness (QED) is 0.848. The Labute approximate surface area is 125 Å². The predicted octanol–water partition coefficient (Wildman–Crippen LogP) is 3.15. The van der Waals surface area contributed by atoms with Crippen LogP contribution in [-0.2, 0) is 6.54 Å². The van der Waals surface area contributed by atoms with E-state index in [0.29, 0.717) is 6.04 Å². The monoisotopic (exact) mass is 290 g/mol. The first-order valence-electron chi connectivity index (χ1n) is 6.74. The summed E-state index contributed by atoms with van der Waals surface area (Å²) in [5, 5.41) is 5.65. The van der Waals surface area contributed by atoms with E-state index in [1.807, 2.05) is 12.1 Å². The van der Waals surface area contributed by atoms with E-state index >= 15 is 0 Å². The topological polar surface area (TPSA) is 24.5 Å². The van der Waals surface area contributed by atoms with Gasteiger partial charge in [0.15, 0.2) is 0 Å². The van der Waals surface area contributed by atoms with Gasteiger partial charge in [-0.3, -0.25) is 0 Å². The van der Waals surface area contributed by atoms with Gasteiger partial charge in [0.2, 0.25) is 0 Å². The number of rotatable bonds is 7. The molecule has 0 bridgehead atoms. The molecule has 0 fully saturated rings. The van der Waals surface area contributed by atoms with Gasteiger partial charge < -0.3 is 15.0 Å². The molecule has 2 aromatic rings. The lowest BCUT2D eigenvalue weighted by Gasteiger charge is -2.25. The highest BCUT2D eigenvalue weighted by molar-refractivity contribution is 7.09. The lowest BCUT2D eigenvalue weighted by molar-refractivity contribution is 0.287. The highest BCUT2D eigenvalue weighted by Crippen LogP contribution is 2.22. The third kappa shape index (κ3) is 4.07. The van der Waals surface area contributed by atoms with E-state index in [0.717, 1.165) is 18.8 Å². The Hall–Kier alpha value is -1.36. The van der Waals surface area contributed by atoms with E-state index in [1.165, 1.54) is 10.4 Å². The molecule has 0 radical (unpaired) electrons. The average Bonchev–Trinajstić information content (AvgIpc) is 2.96. The normalized spacial score (nSPS) is 12.6. The molecule has 1 heterocycles. The molecule has 1 unspecified atom stereocenters. The maximum Gasteiger partial charge on any atom is 0.119 e. The van der Waals surface area contributed by atoms with Crippen LogP contribution in [-0.4, -0.2) is 32.6 Å². The number of likely N-dealkylation sites (N-methyl/N-ethyl adjacent to an activating group) is 1. The smallest absolute Gasteiger partial charge is 0.119 e. The molecule has 0 aliphatic heterocycles. The number of nitrogens with zero attached hydrogens (tertiary/aromatic N) is 1. The molecule has 1 aromatic heterocycles. The molecule has 0 saturated heterocycles. The molecule has 1 N–H and O–H groups in total. The first-order valence-corrected chi connectivity index (χ1v) is 7.62. The van der Waals surface area contributed by atoms with Gasteiger partial charge in [-0.05, 0) is 43.2 Å². The zero-order chi connectivity index (χ0) is 14.4. The van der Waals surface area contributed by atoms with Crippen molar-refractivity contribution in [2.75, 3.05) is 27.7 Å². The first kappa shape index (κ1) is 15.0. The van der Waals surface area contributed by atoms with Crippen molar-refractivity contribution in [2.45, 2.75) is 12.6 Å². The van der Waals surface area contributed by atoms with E-state index < -0.39 is 0 Å². The lowest BCUT2D eigenvalue weighted by Crippen LogP contribution is -2.30. The number of hydrogen-bond donors (Lipinski definition) is 1. The minimum absolute atomic E-state index is 0.338. The van der Waals surface area contributed by atoms with Crippen LogP contribution in [0.2, 0.25) is 0 Å². The SMILES string of the molecule is COc1cccc(C(CNCc2cccs2)N(C)C)c1. The summed E-state index contributed by atoms with van der Waals surface area (Å²) in [6, 6.07) is 12.9. The van der Waals surface area contributed by atoms with Gasteiger partial charge in [0.1, 0.15) is 5.75 Å². The lowest BCUT2D eigenvalue weighted by atomic mass is 10.1. The van der Waals surface area contributed by atoms with Crippen LogP contribution >= 0.6 is 11.3 Å². The van der Waals surface area contributed by atoms with Gasteiger partial charge in [-0.25, -0.2) is 0 Å². The molecule has 20 heavy (non-hydrogen) atoms. The van der Waals surface area contributed by atoms with Crippen LogP contribution in [0.3, 0.4) is 0 Å². The molecule has 2 rings (SSSR count). The number of benzene rings is 1. The maximum atomic E-state index is 5.31. The van der Waals surface area contributed by atoms with Crippen molar-refractivity contribution < 1.29 is 4.74 Å². The van der Waals surface area contributed by atoms with Crippen LogP contribution < -0.4 is 10.1 Å². The summed E-state index contributed by atoms with van der Waals surface area (Å²) in [7, 11) is 5.92. The van der Waals surface area contributed by atoms with Crippen molar-refractivity contribution in [3.8, 4) is 5.75 Å². The largest absolute Gasteiger partial charge is 0.497 e. The molecule has 1 aromatic carbocycles. The molecule has 0 spiro atoms. The third-order valence-electron chi connectivity index (χ3n) is 3.32. The molecule has 4 heteroatoms. The van der Waals surface area contributed by atoms with Crippen molar-refractivity contribution >= 4 is 11.3 Å². The Morgan fingerprint density at radius 1 is 1.25 bits per heavy atom. The van der Waals surface area contributed by atoms with Crippen molar-refractivity contribution in [3.05, 3.63) is 52.2 Å². The molecular formula is C16H22N2OS. The minimum Gasteiger partial charge on any atom is -0.497 e. The Bertz CT molecular complexity index is 511. The summed E-state index contributed by atoms with van der Waals surface area (Å²) in [4.78, 5) is 3.60. The number of nitrogens with one attached hydrogen (secondary N) is 1. The van der Waals surface area contributed by atoms with Crippen molar-refractivity contribution in [2.24, 2.45) is 0 Å². The summed E-state index contributed by atoms with van der Waals surface area (Å²) in [6.07, 6.45) is 0. The van der Waals surface area contributed by atoms with Crippen molar-refractivity contribution in [3.63, 3.8) is 0 Å². The van der Waals surface area contributed by atoms with Crippen LogP contribution in [0.15, 0.2) is 41.8 Å². The van der Waals surface area contributed by atoms with E-state index in [2.05, 4.69) is 54.0 Å². The average molecular weight is 290 g/mol. The van der Waals surface area contributed by atoms with E-state index in [-0.39, 0.29) is 0 Å². The van der Waals surface area contributed by atoms with Gasteiger partial charge in [-0.2, -0.15) is 0 Å². The molecule has 3 nitrogen and oxygen atoms in total. The number of hydrogen-bond acceptors (Lipinski definition) is 4. The second kappa shape index (κ2) is 7.43. The Morgan fingerprint density at radius 3 is 2.75 bits per heavy atom. The molecule has 0 saturated carbocycles. The Kier molecular flexibility index (Phi) is 5.59. The first-order chi connectivity index (χ1) is 9.70. The van der Waals surface area contributed by atoms with Gasteiger partial charge in [0.25, 0.3) is 0 Å². The molecule has 0 aliphatic rings. The van der Waals surface area contributed by atoms with Gasteiger partial charge in [-0.15, -0.1) is 11.3 Å². The summed E-state index contributed by atoms with van der Waals surface area (Å²) in [5.41, 5.74) is 1.27. The summed E-state index contributed by atoms with van der Waals surface area (Å²) in [6.45, 7) is 1.84. The Morgan fingerprint density at radius 2 is 2.10 bits per heavy atom. The summed E-state index contributed by atoms with van der Waals surface area (Å²) in [5.74, 6) is 0.910. The molecule has 1 atom stereocenters. The van der Waals surface area contributed by atoms with Crippen LogP contribution in [0.25, 0.3) is 0 Å². The van der Waals surface area contributed by atoms with E-state index in [1.54, 1.807) is 18.4 Å². The zero-order valence-electron chi connectivity index (χ0n) is 12.3. The van der Waals surface area contributed by atoms with Crippen LogP contribution in [0.5, 0.6) is 5.75 Å². The fourth-order valence-corrected chi connectivity index (χ4v) is 2.87. The minimum atomic E-state index is 0.338. The van der Waals surface area contributed by atoms with Gasteiger partial charge >= 0.3 is 0 Å². The summed E-state index contributed by atoms with van der Waals surface area (Å²) < 4.78 is 5.31. The molecular weight excluding hydrogens is 268 g/mol. The molecule has 0 aliphatic carbocycles. The highest BCUT2D eigenvalue weighted by atomic mass is 32.1. The standard InChI is InChI=1S/C16H22N2OS/c1-18(2)16(12-17-11-15-8-5-9-20-15)13-6-4-7-14(10-13)19-3/h4-10,16-17H,11-12H2,1-3H3. The van der Waals surface area contributed by atoms with Crippen LogP contribution in [0, 0.1) is 0 Å². The number of methoxy groups -OCH3 is 1. The molecule has 108 valence electrons. The fourth-order valence-electron chi connectivity index (χ4n) is 2.19. The van der Waals surface area contributed by atoms with Gasteiger partial charge in [0, 0.05) is 24.0 Å². The van der Waals surface area contributed by atoms with E-state index in [4.69, 9.17) is 4.74 Å². The van der Waals surface area contributed by atoms with Crippen LogP contribution in [0.4, 0.5) is 0 Å². The second-order valence-electron chi connectivity index (χ2n) is 4.97. The summed E-state index contributed by atoms with van der Waals surface area (Å²) >= 11 is 1.79. The van der Waals surface area contributed by atoms with Gasteiger partial charge in [0.05, 0.1) is 7.11 Å². The van der Waals surface area contributed by atoms with E-state index in [9.17, 15) is 0 Å². The number of ether oxygens (including phenoxy) is 1.